The van der Waals surface area contributed by atoms with E-state index in [9.17, 15) is 18.0 Å². The standard InChI is InChI=1S/C26H29F3N4O2/c27-26(28,29)19-3-1-18(2-4-19)7-14-35-20-5-6-22-21(15-20)23(16-30-22)32-24(34)31-17-25-8-11-33(12-9-25)13-10-25/h1-6,15-16,30H,7-14,17H2,(H2,31,32,34). The summed E-state index contributed by atoms with van der Waals surface area (Å²) >= 11 is 0. The van der Waals surface area contributed by atoms with Crippen molar-refractivity contribution in [2.24, 2.45) is 5.41 Å². The zero-order valence-corrected chi connectivity index (χ0v) is 19.4. The average Bonchev–Trinajstić information content (AvgIpc) is 3.26. The van der Waals surface area contributed by atoms with Gasteiger partial charge in [-0.25, -0.2) is 4.79 Å². The van der Waals surface area contributed by atoms with Crippen LogP contribution in [0.2, 0.25) is 0 Å². The van der Waals surface area contributed by atoms with Crippen LogP contribution in [0, 0.1) is 5.41 Å². The molecule has 6 rings (SSSR count). The lowest BCUT2D eigenvalue weighted by atomic mass is 9.72. The van der Waals surface area contributed by atoms with Crippen LogP contribution >= 0.6 is 0 Å². The van der Waals surface area contributed by atoms with Gasteiger partial charge in [0, 0.05) is 30.1 Å². The highest BCUT2D eigenvalue weighted by Crippen LogP contribution is 2.39. The first-order valence-electron chi connectivity index (χ1n) is 12.0. The van der Waals surface area contributed by atoms with Crippen LogP contribution in [-0.4, -0.2) is 48.7 Å². The molecular weight excluding hydrogens is 457 g/mol. The molecule has 186 valence electrons. The van der Waals surface area contributed by atoms with Crippen molar-refractivity contribution in [2.45, 2.75) is 31.9 Å². The second kappa shape index (κ2) is 9.45. The zero-order chi connectivity index (χ0) is 24.5. The molecule has 4 heterocycles. The summed E-state index contributed by atoms with van der Waals surface area (Å²) in [5, 5.41) is 6.84. The number of amides is 2. The molecule has 3 N–H and O–H groups in total. The highest BCUT2D eigenvalue weighted by molar-refractivity contribution is 6.01. The number of fused-ring (bicyclic) bond motifs is 4. The van der Waals surface area contributed by atoms with E-state index in [0.717, 1.165) is 67.5 Å². The lowest BCUT2D eigenvalue weighted by Crippen LogP contribution is -2.53. The summed E-state index contributed by atoms with van der Waals surface area (Å²) in [5.41, 5.74) is 1.87. The van der Waals surface area contributed by atoms with Crippen molar-refractivity contribution in [2.75, 3.05) is 38.1 Å². The number of alkyl halides is 3. The van der Waals surface area contributed by atoms with E-state index in [-0.39, 0.29) is 11.4 Å². The van der Waals surface area contributed by atoms with Crippen LogP contribution in [0.3, 0.4) is 0 Å². The maximum atomic E-state index is 12.7. The maximum Gasteiger partial charge on any atom is 0.416 e. The smallest absolute Gasteiger partial charge is 0.416 e. The van der Waals surface area contributed by atoms with Gasteiger partial charge in [0.05, 0.1) is 17.9 Å². The number of anilines is 1. The minimum Gasteiger partial charge on any atom is -0.493 e. The van der Waals surface area contributed by atoms with Crippen LogP contribution < -0.4 is 15.4 Å². The number of benzene rings is 2. The second-order valence-electron chi connectivity index (χ2n) is 9.60. The summed E-state index contributed by atoms with van der Waals surface area (Å²) in [4.78, 5) is 18.3. The molecule has 0 spiro atoms. The molecule has 3 aliphatic heterocycles. The van der Waals surface area contributed by atoms with Crippen molar-refractivity contribution < 1.29 is 22.7 Å². The molecule has 3 aromatic rings. The zero-order valence-electron chi connectivity index (χ0n) is 19.4. The maximum absolute atomic E-state index is 12.7. The van der Waals surface area contributed by atoms with E-state index in [2.05, 4.69) is 20.5 Å². The molecule has 2 aromatic carbocycles. The Hall–Kier alpha value is -3.20. The van der Waals surface area contributed by atoms with Gasteiger partial charge < -0.3 is 25.3 Å². The number of H-pyrrole nitrogens is 1. The van der Waals surface area contributed by atoms with Crippen LogP contribution in [0.1, 0.15) is 30.4 Å². The van der Waals surface area contributed by atoms with Crippen molar-refractivity contribution in [3.8, 4) is 5.75 Å². The van der Waals surface area contributed by atoms with Gasteiger partial charge in [0.25, 0.3) is 0 Å². The Morgan fingerprint density at radius 3 is 2.46 bits per heavy atom. The molecule has 35 heavy (non-hydrogen) atoms. The number of carbonyl (C=O) groups excluding carboxylic acids is 1. The first kappa shape index (κ1) is 23.5. The summed E-state index contributed by atoms with van der Waals surface area (Å²) in [6.45, 7) is 4.37. The van der Waals surface area contributed by atoms with Crippen molar-refractivity contribution in [3.05, 3.63) is 59.8 Å². The lowest BCUT2D eigenvalue weighted by molar-refractivity contribution is -0.137. The van der Waals surface area contributed by atoms with Gasteiger partial charge in [-0.15, -0.1) is 0 Å². The monoisotopic (exact) mass is 486 g/mol. The number of rotatable bonds is 7. The molecule has 6 nitrogen and oxygen atoms in total. The Kier molecular flexibility index (Phi) is 6.35. The van der Waals surface area contributed by atoms with Crippen LogP contribution in [0.15, 0.2) is 48.7 Å². The lowest BCUT2D eigenvalue weighted by Gasteiger charge is -2.48. The number of aromatic amines is 1. The van der Waals surface area contributed by atoms with E-state index >= 15 is 0 Å². The predicted octanol–water partition coefficient (Wildman–Crippen LogP) is 5.42. The molecule has 0 radical (unpaired) electrons. The Labute approximate surface area is 201 Å². The largest absolute Gasteiger partial charge is 0.493 e. The molecule has 0 saturated carbocycles. The number of nitrogens with one attached hydrogen (secondary N) is 3. The molecule has 0 aliphatic carbocycles. The molecule has 0 atom stereocenters. The molecule has 3 fully saturated rings. The van der Waals surface area contributed by atoms with Crippen molar-refractivity contribution in [1.82, 2.24) is 15.2 Å². The summed E-state index contributed by atoms with van der Waals surface area (Å²) in [5.74, 6) is 0.625. The fourth-order valence-corrected chi connectivity index (χ4v) is 5.04. The fourth-order valence-electron chi connectivity index (χ4n) is 5.04. The number of halogens is 3. The Balaban J connectivity index is 1.16. The minimum atomic E-state index is -4.34. The molecule has 2 bridgehead atoms. The molecule has 3 saturated heterocycles. The van der Waals surface area contributed by atoms with E-state index < -0.39 is 11.7 Å². The second-order valence-corrected chi connectivity index (χ2v) is 9.60. The van der Waals surface area contributed by atoms with Gasteiger partial charge in [0.15, 0.2) is 0 Å². The van der Waals surface area contributed by atoms with Gasteiger partial charge in [-0.3, -0.25) is 0 Å². The van der Waals surface area contributed by atoms with Crippen LogP contribution in [-0.2, 0) is 12.6 Å². The topological polar surface area (TPSA) is 69.4 Å². The fraction of sp³-hybridized carbons (Fsp3) is 0.423. The first-order valence-corrected chi connectivity index (χ1v) is 12.0. The summed E-state index contributed by atoms with van der Waals surface area (Å²) in [6, 6.07) is 10.4. The normalized spacial score (nSPS) is 21.7. The van der Waals surface area contributed by atoms with Crippen molar-refractivity contribution in [3.63, 3.8) is 0 Å². The van der Waals surface area contributed by atoms with Crippen LogP contribution in [0.4, 0.5) is 23.7 Å². The molecule has 2 amide bonds. The highest BCUT2D eigenvalue weighted by Gasteiger charge is 2.39. The van der Waals surface area contributed by atoms with Gasteiger partial charge in [0.1, 0.15) is 5.75 Å². The van der Waals surface area contributed by atoms with E-state index in [4.69, 9.17) is 4.74 Å². The highest BCUT2D eigenvalue weighted by atomic mass is 19.4. The summed E-state index contributed by atoms with van der Waals surface area (Å²) in [6.07, 6.45) is 1.30. The molecule has 3 aliphatic rings. The molecule has 9 heteroatoms. The van der Waals surface area contributed by atoms with Crippen LogP contribution in [0.25, 0.3) is 10.9 Å². The predicted molar refractivity (Wildman–Crippen MR) is 129 cm³/mol. The van der Waals surface area contributed by atoms with Gasteiger partial charge in [0.2, 0.25) is 0 Å². The summed E-state index contributed by atoms with van der Waals surface area (Å²) < 4.78 is 44.0. The number of urea groups is 1. The Morgan fingerprint density at radius 2 is 1.77 bits per heavy atom. The summed E-state index contributed by atoms with van der Waals surface area (Å²) in [7, 11) is 0. The van der Waals surface area contributed by atoms with E-state index in [0.29, 0.717) is 31.0 Å². The average molecular weight is 487 g/mol. The minimum absolute atomic E-state index is 0.220. The third-order valence-corrected chi connectivity index (χ3v) is 7.34. The number of aromatic nitrogens is 1. The van der Waals surface area contributed by atoms with Gasteiger partial charge in [-0.05, 0) is 80.2 Å². The number of piperidine rings is 3. The van der Waals surface area contributed by atoms with E-state index in [1.165, 1.54) is 12.1 Å². The first-order chi connectivity index (χ1) is 16.8. The number of hydrogen-bond donors (Lipinski definition) is 3. The van der Waals surface area contributed by atoms with Crippen molar-refractivity contribution in [1.29, 1.82) is 0 Å². The Morgan fingerprint density at radius 1 is 1.06 bits per heavy atom. The third kappa shape index (κ3) is 5.40. The molecule has 0 unspecified atom stereocenters. The van der Waals surface area contributed by atoms with E-state index in [1.807, 2.05) is 18.2 Å². The van der Waals surface area contributed by atoms with Crippen LogP contribution in [0.5, 0.6) is 5.75 Å². The van der Waals surface area contributed by atoms with Gasteiger partial charge in [-0.1, -0.05) is 12.1 Å². The van der Waals surface area contributed by atoms with Crippen molar-refractivity contribution >= 4 is 22.6 Å². The SMILES string of the molecule is O=C(NCC12CCN(CC1)CC2)Nc1c[nH]c2ccc(OCCc3ccc(C(F)(F)F)cc3)cc12. The number of ether oxygens (including phenoxy) is 1. The third-order valence-electron chi connectivity index (χ3n) is 7.34. The molecular formula is C26H29F3N4O2. The molecule has 1 aromatic heterocycles. The van der Waals surface area contributed by atoms with Gasteiger partial charge >= 0.3 is 12.2 Å². The quantitative estimate of drug-likeness (QED) is 0.418. The van der Waals surface area contributed by atoms with Gasteiger partial charge in [-0.2, -0.15) is 13.2 Å². The number of hydrogen-bond acceptors (Lipinski definition) is 3. The number of carbonyl (C=O) groups is 1. The number of nitrogens with zero attached hydrogens (tertiary/aromatic N) is 1. The van der Waals surface area contributed by atoms with E-state index in [1.54, 1.807) is 6.20 Å². The Bertz CT molecular complexity index is 1170.